The van der Waals surface area contributed by atoms with Crippen LogP contribution in [0.2, 0.25) is 0 Å². The van der Waals surface area contributed by atoms with Gasteiger partial charge < -0.3 is 9.80 Å². The third-order valence-corrected chi connectivity index (χ3v) is 5.87. The summed E-state index contributed by atoms with van der Waals surface area (Å²) in [4.78, 5) is 38.8. The Bertz CT molecular complexity index is 913. The van der Waals surface area contributed by atoms with Crippen LogP contribution in [0.1, 0.15) is 46.8 Å². The van der Waals surface area contributed by atoms with Crippen molar-refractivity contribution in [2.75, 3.05) is 19.6 Å². The highest BCUT2D eigenvalue weighted by Gasteiger charge is 2.49. The van der Waals surface area contributed by atoms with Crippen LogP contribution in [-0.4, -0.2) is 51.2 Å². The number of hydrogen-bond acceptors (Lipinski definition) is 4. The van der Waals surface area contributed by atoms with Gasteiger partial charge >= 0.3 is 0 Å². The van der Waals surface area contributed by atoms with Crippen LogP contribution in [-0.2, 0) is 11.3 Å². The zero-order chi connectivity index (χ0) is 19.7. The van der Waals surface area contributed by atoms with Crippen LogP contribution in [0.15, 0.2) is 36.4 Å². The summed E-state index contributed by atoms with van der Waals surface area (Å²) in [5.74, 6) is 0.0832. The molecule has 146 valence electrons. The summed E-state index contributed by atoms with van der Waals surface area (Å²) in [5.41, 5.74) is 2.70. The van der Waals surface area contributed by atoms with E-state index in [0.29, 0.717) is 25.3 Å². The number of likely N-dealkylation sites (tertiary alicyclic amines) is 2. The van der Waals surface area contributed by atoms with E-state index in [1.807, 2.05) is 54.0 Å². The molecule has 0 bridgehead atoms. The quantitative estimate of drug-likeness (QED) is 0.824. The summed E-state index contributed by atoms with van der Waals surface area (Å²) >= 11 is 0. The first-order chi connectivity index (χ1) is 13.5. The molecule has 2 fully saturated rings. The van der Waals surface area contributed by atoms with Crippen LogP contribution >= 0.6 is 0 Å². The summed E-state index contributed by atoms with van der Waals surface area (Å²) in [6, 6.07) is 11.4. The van der Waals surface area contributed by atoms with Crippen LogP contribution in [0.25, 0.3) is 0 Å². The minimum absolute atomic E-state index is 0.0747. The molecule has 0 aromatic carbocycles. The van der Waals surface area contributed by atoms with Crippen molar-refractivity contribution in [3.63, 3.8) is 0 Å². The summed E-state index contributed by atoms with van der Waals surface area (Å²) in [6.45, 7) is 6.27. The van der Waals surface area contributed by atoms with E-state index in [-0.39, 0.29) is 11.8 Å². The van der Waals surface area contributed by atoms with Gasteiger partial charge in [-0.2, -0.15) is 0 Å². The van der Waals surface area contributed by atoms with Crippen molar-refractivity contribution in [3.05, 3.63) is 59.2 Å². The minimum Gasteiger partial charge on any atom is -0.336 e. The Labute approximate surface area is 165 Å². The standard InChI is InChI=1S/C22H26N4O2/c1-16-6-3-8-18(23-16)14-25-13-11-22(21(25)28)10-5-12-26(15-22)20(27)19-9-4-7-17(2)24-19/h3-4,6-9H,5,10-15H2,1-2H3. The lowest BCUT2D eigenvalue weighted by Gasteiger charge is -2.39. The van der Waals surface area contributed by atoms with Crippen molar-refractivity contribution in [2.45, 2.75) is 39.7 Å². The number of aromatic nitrogens is 2. The zero-order valence-corrected chi connectivity index (χ0v) is 16.5. The Hall–Kier alpha value is -2.76. The molecule has 1 spiro atoms. The highest BCUT2D eigenvalue weighted by Crippen LogP contribution is 2.40. The molecular formula is C22H26N4O2. The van der Waals surface area contributed by atoms with Gasteiger partial charge in [-0.25, -0.2) is 4.98 Å². The van der Waals surface area contributed by atoms with Gasteiger partial charge in [-0.3, -0.25) is 14.6 Å². The zero-order valence-electron chi connectivity index (χ0n) is 16.5. The van der Waals surface area contributed by atoms with Gasteiger partial charge in [0.05, 0.1) is 17.7 Å². The molecule has 2 aliphatic rings. The fourth-order valence-corrected chi connectivity index (χ4v) is 4.43. The lowest BCUT2D eigenvalue weighted by molar-refractivity contribution is -0.138. The molecule has 0 N–H and O–H groups in total. The first kappa shape index (κ1) is 18.6. The van der Waals surface area contributed by atoms with Crippen LogP contribution in [0.4, 0.5) is 0 Å². The Morgan fingerprint density at radius 2 is 1.79 bits per heavy atom. The number of nitrogens with zero attached hydrogens (tertiary/aromatic N) is 4. The maximum Gasteiger partial charge on any atom is 0.272 e. The lowest BCUT2D eigenvalue weighted by atomic mass is 9.78. The predicted molar refractivity (Wildman–Crippen MR) is 106 cm³/mol. The molecule has 6 nitrogen and oxygen atoms in total. The maximum atomic E-state index is 13.3. The largest absolute Gasteiger partial charge is 0.336 e. The summed E-state index contributed by atoms with van der Waals surface area (Å²) < 4.78 is 0. The molecular weight excluding hydrogens is 352 g/mol. The van der Waals surface area contributed by atoms with E-state index in [4.69, 9.17) is 0 Å². The highest BCUT2D eigenvalue weighted by atomic mass is 16.2. The molecule has 28 heavy (non-hydrogen) atoms. The molecule has 2 aromatic heterocycles. The van der Waals surface area contributed by atoms with Crippen molar-refractivity contribution >= 4 is 11.8 Å². The Morgan fingerprint density at radius 3 is 2.54 bits per heavy atom. The number of rotatable bonds is 3. The van der Waals surface area contributed by atoms with E-state index in [1.165, 1.54) is 0 Å². The average molecular weight is 378 g/mol. The smallest absolute Gasteiger partial charge is 0.272 e. The second-order valence-electron chi connectivity index (χ2n) is 8.02. The number of carbonyl (C=O) groups excluding carboxylic acids is 2. The predicted octanol–water partition coefficient (Wildman–Crippen LogP) is 2.75. The van der Waals surface area contributed by atoms with Crippen LogP contribution in [0, 0.1) is 19.3 Å². The molecule has 6 heteroatoms. The lowest BCUT2D eigenvalue weighted by Crippen LogP contribution is -2.50. The van der Waals surface area contributed by atoms with E-state index in [1.54, 1.807) is 6.07 Å². The monoisotopic (exact) mass is 378 g/mol. The van der Waals surface area contributed by atoms with Gasteiger partial charge in [0.1, 0.15) is 5.69 Å². The number of piperidine rings is 1. The Balaban J connectivity index is 1.49. The fourth-order valence-electron chi connectivity index (χ4n) is 4.43. The normalized spacial score (nSPS) is 22.1. The molecule has 2 aliphatic heterocycles. The SMILES string of the molecule is Cc1cccc(CN2CCC3(CCCN(C(=O)c4cccc(C)n4)C3)C2=O)n1. The van der Waals surface area contributed by atoms with Crippen LogP contribution < -0.4 is 0 Å². The second kappa shape index (κ2) is 7.34. The van der Waals surface area contributed by atoms with Gasteiger partial charge in [0.15, 0.2) is 0 Å². The van der Waals surface area contributed by atoms with E-state index >= 15 is 0 Å². The minimum atomic E-state index is -0.457. The van der Waals surface area contributed by atoms with Crippen LogP contribution in [0.5, 0.6) is 0 Å². The Kier molecular flexibility index (Phi) is 4.87. The van der Waals surface area contributed by atoms with Crippen molar-refractivity contribution in [2.24, 2.45) is 5.41 Å². The molecule has 2 amide bonds. The molecule has 2 saturated heterocycles. The van der Waals surface area contributed by atoms with Gasteiger partial charge in [-0.05, 0) is 57.4 Å². The topological polar surface area (TPSA) is 66.4 Å². The summed E-state index contributed by atoms with van der Waals surface area (Å²) in [7, 11) is 0. The first-order valence-corrected chi connectivity index (χ1v) is 9.92. The number of amides is 2. The highest BCUT2D eigenvalue weighted by molar-refractivity contribution is 5.93. The summed E-state index contributed by atoms with van der Waals surface area (Å²) in [5, 5.41) is 0. The van der Waals surface area contributed by atoms with Crippen molar-refractivity contribution in [3.8, 4) is 0 Å². The molecule has 0 saturated carbocycles. The van der Waals surface area contributed by atoms with Gasteiger partial charge in [-0.1, -0.05) is 12.1 Å². The van der Waals surface area contributed by atoms with E-state index in [0.717, 1.165) is 42.9 Å². The van der Waals surface area contributed by atoms with E-state index in [2.05, 4.69) is 9.97 Å². The van der Waals surface area contributed by atoms with E-state index in [9.17, 15) is 9.59 Å². The fraction of sp³-hybridized carbons (Fsp3) is 0.455. The van der Waals surface area contributed by atoms with E-state index < -0.39 is 5.41 Å². The van der Waals surface area contributed by atoms with Gasteiger partial charge in [0, 0.05) is 31.0 Å². The van der Waals surface area contributed by atoms with Gasteiger partial charge in [0.2, 0.25) is 5.91 Å². The molecule has 1 unspecified atom stereocenters. The van der Waals surface area contributed by atoms with Crippen molar-refractivity contribution < 1.29 is 9.59 Å². The molecule has 2 aromatic rings. The molecule has 0 aliphatic carbocycles. The number of aryl methyl sites for hydroxylation is 2. The van der Waals surface area contributed by atoms with Crippen molar-refractivity contribution in [1.29, 1.82) is 0 Å². The first-order valence-electron chi connectivity index (χ1n) is 9.92. The van der Waals surface area contributed by atoms with Crippen LogP contribution in [0.3, 0.4) is 0 Å². The maximum absolute atomic E-state index is 13.3. The number of pyridine rings is 2. The van der Waals surface area contributed by atoms with Crippen molar-refractivity contribution in [1.82, 2.24) is 19.8 Å². The average Bonchev–Trinajstić information content (AvgIpc) is 2.97. The van der Waals surface area contributed by atoms with Gasteiger partial charge in [0.25, 0.3) is 5.91 Å². The second-order valence-corrected chi connectivity index (χ2v) is 8.02. The third-order valence-electron chi connectivity index (χ3n) is 5.87. The molecule has 0 radical (unpaired) electrons. The summed E-state index contributed by atoms with van der Waals surface area (Å²) in [6.07, 6.45) is 2.48. The number of carbonyl (C=O) groups is 2. The van der Waals surface area contributed by atoms with Gasteiger partial charge in [-0.15, -0.1) is 0 Å². The third kappa shape index (κ3) is 3.51. The Morgan fingerprint density at radius 1 is 1.04 bits per heavy atom. The number of hydrogen-bond donors (Lipinski definition) is 0. The molecule has 1 atom stereocenters. The molecule has 4 rings (SSSR count). The molecule has 4 heterocycles.